The fourth-order valence-corrected chi connectivity index (χ4v) is 7.47. The van der Waals surface area contributed by atoms with E-state index in [2.05, 4.69) is 51.0 Å². The van der Waals surface area contributed by atoms with Gasteiger partial charge in [0, 0.05) is 27.4 Å². The number of hydrogen-bond acceptors (Lipinski definition) is 0. The summed E-state index contributed by atoms with van der Waals surface area (Å²) in [6, 6.07) is 8.70. The van der Waals surface area contributed by atoms with Crippen molar-refractivity contribution in [2.75, 3.05) is 19.6 Å². The minimum absolute atomic E-state index is 0.553. The first kappa shape index (κ1) is 14.3. The maximum Gasteiger partial charge on any atom is 0.104 e. The van der Waals surface area contributed by atoms with Gasteiger partial charge in [0.05, 0.1) is 19.6 Å². The molecule has 1 aliphatic carbocycles. The Morgan fingerprint density at radius 2 is 1.36 bits per heavy atom. The summed E-state index contributed by atoms with van der Waals surface area (Å²) in [5.41, 5.74) is 4.11. The minimum atomic E-state index is 0.553. The van der Waals surface area contributed by atoms with Gasteiger partial charge in [0.1, 0.15) is 6.54 Å². The van der Waals surface area contributed by atoms with Crippen LogP contribution in [0.1, 0.15) is 51.2 Å². The van der Waals surface area contributed by atoms with E-state index in [9.17, 15) is 0 Å². The van der Waals surface area contributed by atoms with E-state index in [1.165, 1.54) is 55.5 Å². The topological polar surface area (TPSA) is 0 Å². The SMILES string of the molecule is C#Cc1ccc(C[N+]23CC4(C)C[C@](C)(C2)C[C@](C)(C4)C3)cc1. The lowest BCUT2D eigenvalue weighted by atomic mass is 9.48. The fourth-order valence-electron chi connectivity index (χ4n) is 7.47. The van der Waals surface area contributed by atoms with Crippen molar-refractivity contribution < 1.29 is 4.48 Å². The standard InChI is InChI=1S/C21H28N/c1-5-17-6-8-18(9-7-17)10-22-14-19(2)11-20(3,15-22)13-21(4,12-19)16-22/h1,6-9H,10-16H2,2-4H3/q+1/t19-,20-,21?,22?/m1/s1. The smallest absolute Gasteiger partial charge is 0.104 e. The highest BCUT2D eigenvalue weighted by Gasteiger charge is 2.65. The van der Waals surface area contributed by atoms with Crippen molar-refractivity contribution >= 4 is 0 Å². The minimum Gasteiger partial charge on any atom is -0.319 e. The monoisotopic (exact) mass is 294 g/mol. The van der Waals surface area contributed by atoms with Gasteiger partial charge in [-0.3, -0.25) is 0 Å². The van der Waals surface area contributed by atoms with E-state index in [4.69, 9.17) is 6.42 Å². The van der Waals surface area contributed by atoms with Crippen LogP contribution in [-0.2, 0) is 6.54 Å². The van der Waals surface area contributed by atoms with E-state index in [-0.39, 0.29) is 0 Å². The predicted molar refractivity (Wildman–Crippen MR) is 91.1 cm³/mol. The van der Waals surface area contributed by atoms with Gasteiger partial charge in [-0.05, 0) is 31.4 Å². The summed E-state index contributed by atoms with van der Waals surface area (Å²) in [4.78, 5) is 0. The molecule has 3 aliphatic heterocycles. The lowest BCUT2D eigenvalue weighted by molar-refractivity contribution is -0.978. The molecule has 4 fully saturated rings. The van der Waals surface area contributed by atoms with Crippen LogP contribution in [-0.4, -0.2) is 24.1 Å². The lowest BCUT2D eigenvalue weighted by Crippen LogP contribution is -2.73. The van der Waals surface area contributed by atoms with Gasteiger partial charge in [-0.15, -0.1) is 6.42 Å². The Morgan fingerprint density at radius 3 is 1.77 bits per heavy atom. The third-order valence-corrected chi connectivity index (χ3v) is 6.35. The van der Waals surface area contributed by atoms with Crippen molar-refractivity contribution in [1.82, 2.24) is 0 Å². The number of quaternary nitrogens is 1. The largest absolute Gasteiger partial charge is 0.319 e. The molecular weight excluding hydrogens is 266 g/mol. The Labute approximate surface area is 135 Å². The summed E-state index contributed by atoms with van der Waals surface area (Å²) in [5, 5.41) is 0. The van der Waals surface area contributed by atoms with Gasteiger partial charge in [-0.1, -0.05) is 38.8 Å². The average molecular weight is 294 g/mol. The normalized spacial score (nSPS) is 45.7. The molecule has 0 unspecified atom stereocenters. The Bertz CT molecular complexity index is 594. The van der Waals surface area contributed by atoms with Gasteiger partial charge in [0.15, 0.2) is 0 Å². The van der Waals surface area contributed by atoms with Crippen LogP contribution in [0.5, 0.6) is 0 Å². The van der Waals surface area contributed by atoms with Crippen LogP contribution in [0.15, 0.2) is 24.3 Å². The van der Waals surface area contributed by atoms with Crippen LogP contribution in [0.4, 0.5) is 0 Å². The van der Waals surface area contributed by atoms with Crippen molar-refractivity contribution in [2.45, 2.75) is 46.6 Å². The molecule has 0 amide bonds. The van der Waals surface area contributed by atoms with Gasteiger partial charge in [-0.25, -0.2) is 0 Å². The Morgan fingerprint density at radius 1 is 0.909 bits per heavy atom. The number of nitrogens with zero attached hydrogens (tertiary/aromatic N) is 1. The van der Waals surface area contributed by atoms with Gasteiger partial charge in [0.2, 0.25) is 0 Å². The number of rotatable bonds is 2. The summed E-state index contributed by atoms with van der Waals surface area (Å²) in [5.74, 6) is 2.73. The van der Waals surface area contributed by atoms with Gasteiger partial charge >= 0.3 is 0 Å². The van der Waals surface area contributed by atoms with Crippen LogP contribution in [0, 0.1) is 28.6 Å². The second-order valence-electron chi connectivity index (χ2n) is 9.78. The lowest BCUT2D eigenvalue weighted by Gasteiger charge is -2.68. The summed E-state index contributed by atoms with van der Waals surface area (Å²) in [6.07, 6.45) is 9.79. The number of benzene rings is 1. The maximum absolute atomic E-state index is 5.49. The molecule has 1 aromatic carbocycles. The van der Waals surface area contributed by atoms with Gasteiger partial charge in [-0.2, -0.15) is 0 Å². The molecule has 1 nitrogen and oxygen atoms in total. The van der Waals surface area contributed by atoms with Crippen LogP contribution in [0.25, 0.3) is 0 Å². The van der Waals surface area contributed by atoms with E-state index < -0.39 is 0 Å². The molecule has 22 heavy (non-hydrogen) atoms. The molecule has 4 aliphatic rings. The summed E-state index contributed by atoms with van der Waals surface area (Å²) in [7, 11) is 0. The molecule has 0 N–H and O–H groups in total. The zero-order valence-electron chi connectivity index (χ0n) is 14.3. The van der Waals surface area contributed by atoms with Gasteiger partial charge < -0.3 is 4.48 Å². The summed E-state index contributed by atoms with van der Waals surface area (Å²) in [6.45, 7) is 12.9. The molecule has 1 heteroatoms. The zero-order valence-corrected chi connectivity index (χ0v) is 14.3. The van der Waals surface area contributed by atoms with E-state index in [1.54, 1.807) is 0 Å². The Kier molecular flexibility index (Phi) is 2.72. The molecule has 0 aromatic heterocycles. The molecule has 4 bridgehead atoms. The number of terminal acetylenes is 1. The van der Waals surface area contributed by atoms with Crippen molar-refractivity contribution in [1.29, 1.82) is 0 Å². The van der Waals surface area contributed by atoms with E-state index >= 15 is 0 Å². The van der Waals surface area contributed by atoms with E-state index in [0.717, 1.165) is 5.56 Å². The van der Waals surface area contributed by atoms with Crippen LogP contribution in [0.2, 0.25) is 0 Å². The number of piperidine rings is 3. The van der Waals surface area contributed by atoms with Crippen molar-refractivity contribution in [3.05, 3.63) is 35.4 Å². The highest BCUT2D eigenvalue weighted by Crippen LogP contribution is 2.64. The van der Waals surface area contributed by atoms with Crippen LogP contribution >= 0.6 is 0 Å². The molecule has 0 spiro atoms. The van der Waals surface area contributed by atoms with E-state index in [1.807, 2.05) is 0 Å². The molecule has 3 saturated heterocycles. The van der Waals surface area contributed by atoms with Crippen molar-refractivity contribution in [3.63, 3.8) is 0 Å². The molecule has 1 saturated carbocycles. The third kappa shape index (κ3) is 2.20. The third-order valence-electron chi connectivity index (χ3n) is 6.35. The second-order valence-corrected chi connectivity index (χ2v) is 9.78. The predicted octanol–water partition coefficient (Wildman–Crippen LogP) is 4.21. The molecular formula is C21H28N+. The summed E-state index contributed by atoms with van der Waals surface area (Å²) < 4.78 is 1.30. The molecule has 3 heterocycles. The summed E-state index contributed by atoms with van der Waals surface area (Å²) >= 11 is 0. The highest BCUT2D eigenvalue weighted by molar-refractivity contribution is 5.34. The van der Waals surface area contributed by atoms with Gasteiger partial charge in [0.25, 0.3) is 0 Å². The van der Waals surface area contributed by atoms with Crippen molar-refractivity contribution in [2.24, 2.45) is 16.2 Å². The Balaban J connectivity index is 1.67. The van der Waals surface area contributed by atoms with Crippen molar-refractivity contribution in [3.8, 4) is 12.3 Å². The second kappa shape index (κ2) is 4.18. The first-order valence-corrected chi connectivity index (χ1v) is 8.66. The first-order chi connectivity index (χ1) is 10.3. The molecule has 116 valence electrons. The average Bonchev–Trinajstić information content (AvgIpc) is 2.33. The number of hydrogen-bond donors (Lipinski definition) is 0. The fraction of sp³-hybridized carbons (Fsp3) is 0.619. The molecule has 0 radical (unpaired) electrons. The molecule has 0 atom stereocenters. The molecule has 5 rings (SSSR count). The first-order valence-electron chi connectivity index (χ1n) is 8.66. The van der Waals surface area contributed by atoms with E-state index in [0.29, 0.717) is 16.2 Å². The zero-order chi connectivity index (χ0) is 15.6. The highest BCUT2D eigenvalue weighted by atomic mass is 15.4. The van der Waals surface area contributed by atoms with Crippen LogP contribution in [0.3, 0.4) is 0 Å². The van der Waals surface area contributed by atoms with Crippen LogP contribution < -0.4 is 0 Å². The maximum atomic E-state index is 5.49. The quantitative estimate of drug-likeness (QED) is 0.566. The Hall–Kier alpha value is -1.26. The molecule has 1 aromatic rings.